The normalized spacial score (nSPS) is 18.1. The van der Waals surface area contributed by atoms with Gasteiger partial charge in [0.1, 0.15) is 0 Å². The van der Waals surface area contributed by atoms with E-state index < -0.39 is 6.48 Å². The van der Waals surface area contributed by atoms with Crippen molar-refractivity contribution in [3.63, 3.8) is 0 Å². The number of hydrogen-bond acceptors (Lipinski definition) is 12. The van der Waals surface area contributed by atoms with E-state index in [1.165, 1.54) is 33.4 Å². The molecule has 3 rings (SSSR count). The summed E-state index contributed by atoms with van der Waals surface area (Å²) in [5, 5.41) is 23.8. The van der Waals surface area contributed by atoms with E-state index in [1.54, 1.807) is 0 Å². The molecule has 0 fully saturated rings. The van der Waals surface area contributed by atoms with Crippen LogP contribution in [0.25, 0.3) is 0 Å². The molecule has 0 aromatic heterocycles. The van der Waals surface area contributed by atoms with Crippen LogP contribution >= 0.6 is 0 Å². The van der Waals surface area contributed by atoms with Crippen molar-refractivity contribution >= 4 is 25.3 Å². The molecule has 0 spiro atoms. The molecule has 55 heavy (non-hydrogen) atoms. The first-order chi connectivity index (χ1) is 24.6. The van der Waals surface area contributed by atoms with Gasteiger partial charge in [-0.2, -0.15) is 9.79 Å². The molecule has 1 aliphatic rings. The van der Waals surface area contributed by atoms with E-state index in [2.05, 4.69) is 142 Å². The van der Waals surface area contributed by atoms with E-state index in [4.69, 9.17) is 40.6 Å². The van der Waals surface area contributed by atoms with Crippen molar-refractivity contribution < 1.29 is 53.0 Å². The molecule has 4 bridgehead atoms. The van der Waals surface area contributed by atoms with Crippen molar-refractivity contribution in [2.75, 3.05) is 108 Å². The standard InChI is InChI=1S/C38H66N6S2.C3H8O4.2Ni/c1-37(2,3)33-21-29-25-41(9)17-13-39(7)15-19-43(11)27-31-23-34(38(4,5)6)24-32(36(31)46)28-44(12)20-16-40(8)14-18-42(10)26-30(22-33)35(29)45;4-1-2-7-3(5)6;;/h21-24,45-46H,13-20,25-28H2,1-12H3;3-6H,1-2H2;;/q;;;+3/p-2. The number of ether oxygens (including phenoxy) is 1. The maximum atomic E-state index is 7.97. The average molecular weight is 895 g/mol. The topological polar surface area (TPSA) is 89.4 Å². The number of fused-ring (bicyclic) bond motifs is 4. The van der Waals surface area contributed by atoms with Crippen molar-refractivity contribution in [1.82, 2.24) is 29.4 Å². The number of aliphatic hydroxyl groups excluding tert-OH is 2. The zero-order valence-electron chi connectivity index (χ0n) is 35.7. The van der Waals surface area contributed by atoms with Gasteiger partial charge < -0.3 is 74.7 Å². The van der Waals surface area contributed by atoms with E-state index in [0.717, 1.165) is 88.3 Å². The summed E-state index contributed by atoms with van der Waals surface area (Å²) in [6, 6.07) is 9.46. The maximum Gasteiger partial charge on any atom is 3.00 e. The first-order valence-corrected chi connectivity index (χ1v) is 19.8. The zero-order valence-corrected chi connectivity index (χ0v) is 39.3. The Hall–Kier alpha value is -0.533. The summed E-state index contributed by atoms with van der Waals surface area (Å²) in [4.78, 5) is 16.7. The molecule has 0 atom stereocenters. The van der Waals surface area contributed by atoms with Gasteiger partial charge in [-0.15, -0.1) is 0 Å². The number of likely N-dealkylation sites (N-methyl/N-ethyl adjacent to an activating group) is 6. The van der Waals surface area contributed by atoms with Gasteiger partial charge in [0.2, 0.25) is 0 Å². The van der Waals surface area contributed by atoms with E-state index >= 15 is 0 Å². The Balaban J connectivity index is 0.00000295. The van der Waals surface area contributed by atoms with Crippen molar-refractivity contribution in [3.05, 3.63) is 57.6 Å². The minimum absolute atomic E-state index is 0. The van der Waals surface area contributed by atoms with Crippen LogP contribution in [0, 0.1) is 0 Å². The molecule has 1 heterocycles. The fourth-order valence-electron chi connectivity index (χ4n) is 6.07. The van der Waals surface area contributed by atoms with Crippen molar-refractivity contribution in [1.29, 1.82) is 0 Å². The number of aliphatic hydroxyl groups is 3. The zero-order chi connectivity index (χ0) is 40.1. The van der Waals surface area contributed by atoms with Gasteiger partial charge in [0, 0.05) is 95.0 Å². The van der Waals surface area contributed by atoms with Crippen LogP contribution in [0.1, 0.15) is 74.9 Å². The average Bonchev–Trinajstić information content (AvgIpc) is 3.05. The molecule has 0 unspecified atom stereocenters. The minimum Gasteiger partial charge on any atom is -0.779 e. The van der Waals surface area contributed by atoms with Gasteiger partial charge >= 0.3 is 16.5 Å². The number of benzene rings is 2. The molecule has 2 aromatic rings. The Morgan fingerprint density at radius 3 is 0.964 bits per heavy atom. The summed E-state index contributed by atoms with van der Waals surface area (Å²) < 4.78 is 4.05. The number of hydrogen-bond donors (Lipinski definition) is 3. The third-order valence-electron chi connectivity index (χ3n) is 9.79. The Labute approximate surface area is 366 Å². The summed E-state index contributed by atoms with van der Waals surface area (Å²) in [7, 11) is 13.4. The number of nitrogens with zero attached hydrogens (tertiary/aromatic N) is 6. The fourth-order valence-corrected chi connectivity index (χ4v) is 6.57. The second kappa shape index (κ2) is 25.8. The maximum absolute atomic E-state index is 7.97. The first-order valence-electron chi connectivity index (χ1n) is 19.0. The van der Waals surface area contributed by atoms with Crippen LogP contribution in [0.3, 0.4) is 0 Å². The Bertz CT molecular complexity index is 1220. The second-order valence-corrected chi connectivity index (χ2v) is 18.0. The van der Waals surface area contributed by atoms with Crippen LogP contribution in [0.5, 0.6) is 0 Å². The van der Waals surface area contributed by atoms with Crippen LogP contribution in [0.15, 0.2) is 34.1 Å². The van der Waals surface area contributed by atoms with Gasteiger partial charge in [-0.05, 0) is 64.2 Å². The predicted molar refractivity (Wildman–Crippen MR) is 223 cm³/mol. The molecule has 2 aromatic carbocycles. The van der Waals surface area contributed by atoms with E-state index in [-0.39, 0.29) is 57.0 Å². The number of rotatable bonds is 3. The Morgan fingerprint density at radius 2 is 0.782 bits per heavy atom. The van der Waals surface area contributed by atoms with Crippen LogP contribution in [0.2, 0.25) is 0 Å². The molecule has 321 valence electrons. The van der Waals surface area contributed by atoms with Gasteiger partial charge in [-0.3, -0.25) is 0 Å². The molecular formula is C41H72N6Ni2O4S2+. The SMILES string of the molecule is CN1CCN(C)Cc2cc(C(C)(C)C)cc(c2[S-])CN(C)CCN(C)CCN(C)Cc2cc(C(C)(C)C)cc(c2[S-])CN(C)CC1.OCCOC(O)O.[Ni+3].[Ni]. The van der Waals surface area contributed by atoms with Crippen LogP contribution in [-0.2, 0) is 100.0 Å². The summed E-state index contributed by atoms with van der Waals surface area (Å²) in [5.41, 5.74) is 8.01. The summed E-state index contributed by atoms with van der Waals surface area (Å²) in [6.07, 6.45) is 0. The molecule has 3 N–H and O–H groups in total. The largest absolute Gasteiger partial charge is 3.00 e. The van der Waals surface area contributed by atoms with E-state index in [1.807, 2.05) is 0 Å². The Morgan fingerprint density at radius 1 is 0.545 bits per heavy atom. The molecule has 1 radical (unpaired) electrons. The molecule has 14 heteroatoms. The molecule has 0 amide bonds. The summed E-state index contributed by atoms with van der Waals surface area (Å²) in [6.45, 7) is 23.4. The predicted octanol–water partition coefficient (Wildman–Crippen LogP) is 3.66. The molecule has 0 saturated carbocycles. The molecule has 1 aliphatic heterocycles. The van der Waals surface area contributed by atoms with Gasteiger partial charge in [0.25, 0.3) is 6.48 Å². The van der Waals surface area contributed by atoms with Crippen LogP contribution in [0.4, 0.5) is 0 Å². The van der Waals surface area contributed by atoms with Crippen LogP contribution in [-0.4, -0.2) is 159 Å². The smallest absolute Gasteiger partial charge is 0.779 e. The van der Waals surface area contributed by atoms with Crippen molar-refractivity contribution in [2.24, 2.45) is 0 Å². The third kappa shape index (κ3) is 20.3. The monoisotopic (exact) mass is 892 g/mol. The van der Waals surface area contributed by atoms with Gasteiger partial charge in [0.05, 0.1) is 13.2 Å². The molecule has 0 aliphatic carbocycles. The first kappa shape index (κ1) is 54.5. The van der Waals surface area contributed by atoms with Crippen molar-refractivity contribution in [2.45, 2.75) is 94.8 Å². The van der Waals surface area contributed by atoms with Crippen LogP contribution < -0.4 is 0 Å². The fraction of sp³-hybridized carbons (Fsp3) is 0.707. The third-order valence-corrected chi connectivity index (χ3v) is 10.8. The van der Waals surface area contributed by atoms with Gasteiger partial charge in [-0.1, -0.05) is 88.1 Å². The minimum atomic E-state index is -1.76. The van der Waals surface area contributed by atoms with Gasteiger partial charge in [-0.25, -0.2) is 0 Å². The van der Waals surface area contributed by atoms with Gasteiger partial charge in [0.15, 0.2) is 0 Å². The molecular weight excluding hydrogens is 822 g/mol. The van der Waals surface area contributed by atoms with E-state index in [0.29, 0.717) is 0 Å². The second-order valence-electron chi connectivity index (χ2n) is 17.2. The molecule has 10 nitrogen and oxygen atoms in total. The van der Waals surface area contributed by atoms with Crippen molar-refractivity contribution in [3.8, 4) is 0 Å². The Kier molecular flexibility index (Phi) is 25.6. The summed E-state index contributed by atoms with van der Waals surface area (Å²) in [5.74, 6) is 0. The molecule has 0 saturated heterocycles. The quantitative estimate of drug-likeness (QED) is 0.239. The van der Waals surface area contributed by atoms with E-state index in [9.17, 15) is 0 Å². The summed E-state index contributed by atoms with van der Waals surface area (Å²) >= 11 is 12.3.